The zero-order chi connectivity index (χ0) is 13.2. The standard InChI is InChI=1S/C14H23N3O/c1-4-7-14(8-5-9-15-14)13(18)12-6-10-16-17(12)11(2)3/h6,10-11,15H,4-5,7-9H2,1-3H3. The van der Waals surface area contributed by atoms with E-state index in [0.717, 1.165) is 37.9 Å². The van der Waals surface area contributed by atoms with Crippen molar-refractivity contribution in [1.82, 2.24) is 15.1 Å². The first kappa shape index (κ1) is 13.3. The number of rotatable bonds is 5. The minimum Gasteiger partial charge on any atom is -0.305 e. The summed E-state index contributed by atoms with van der Waals surface area (Å²) in [6.07, 6.45) is 5.69. The van der Waals surface area contributed by atoms with Crippen molar-refractivity contribution in [2.45, 2.75) is 58.0 Å². The smallest absolute Gasteiger partial charge is 0.200 e. The van der Waals surface area contributed by atoms with Crippen LogP contribution < -0.4 is 5.32 Å². The van der Waals surface area contributed by atoms with E-state index in [9.17, 15) is 4.79 Å². The fourth-order valence-corrected chi connectivity index (χ4v) is 2.90. The topological polar surface area (TPSA) is 46.9 Å². The maximum atomic E-state index is 12.8. The monoisotopic (exact) mass is 249 g/mol. The number of hydrogen-bond donors (Lipinski definition) is 1. The molecule has 1 aromatic heterocycles. The number of nitrogens with one attached hydrogen (secondary N) is 1. The van der Waals surface area contributed by atoms with Crippen molar-refractivity contribution in [3.63, 3.8) is 0 Å². The summed E-state index contributed by atoms with van der Waals surface area (Å²) < 4.78 is 1.83. The first-order chi connectivity index (χ1) is 8.60. The summed E-state index contributed by atoms with van der Waals surface area (Å²) in [5, 5.41) is 7.70. The third kappa shape index (κ3) is 2.21. The maximum Gasteiger partial charge on any atom is 0.200 e. The predicted molar refractivity (Wildman–Crippen MR) is 71.8 cm³/mol. The molecule has 1 atom stereocenters. The molecule has 4 heteroatoms. The Labute approximate surface area is 109 Å². The van der Waals surface area contributed by atoms with Gasteiger partial charge in [0, 0.05) is 12.2 Å². The molecule has 2 rings (SSSR count). The van der Waals surface area contributed by atoms with E-state index in [2.05, 4.69) is 31.2 Å². The lowest BCUT2D eigenvalue weighted by Gasteiger charge is -2.28. The predicted octanol–water partition coefficient (Wildman–Crippen LogP) is 2.57. The number of aromatic nitrogens is 2. The Morgan fingerprint density at radius 1 is 1.61 bits per heavy atom. The average molecular weight is 249 g/mol. The lowest BCUT2D eigenvalue weighted by molar-refractivity contribution is 0.0844. The fraction of sp³-hybridized carbons (Fsp3) is 0.714. The normalized spacial score (nSPS) is 23.8. The van der Waals surface area contributed by atoms with Gasteiger partial charge in [-0.1, -0.05) is 13.3 Å². The highest BCUT2D eigenvalue weighted by Crippen LogP contribution is 2.29. The summed E-state index contributed by atoms with van der Waals surface area (Å²) >= 11 is 0. The minimum absolute atomic E-state index is 0.216. The number of Topliss-reactive ketones (excluding diaryl/α,β-unsaturated/α-hetero) is 1. The lowest BCUT2D eigenvalue weighted by Crippen LogP contribution is -2.48. The van der Waals surface area contributed by atoms with Crippen LogP contribution in [0.4, 0.5) is 0 Å². The van der Waals surface area contributed by atoms with E-state index in [1.54, 1.807) is 6.20 Å². The molecule has 0 bridgehead atoms. The highest BCUT2D eigenvalue weighted by Gasteiger charge is 2.41. The lowest BCUT2D eigenvalue weighted by atomic mass is 9.85. The van der Waals surface area contributed by atoms with Gasteiger partial charge in [-0.25, -0.2) is 0 Å². The van der Waals surface area contributed by atoms with Crippen LogP contribution >= 0.6 is 0 Å². The Morgan fingerprint density at radius 2 is 2.39 bits per heavy atom. The Morgan fingerprint density at radius 3 is 2.94 bits per heavy atom. The molecule has 4 nitrogen and oxygen atoms in total. The molecule has 1 N–H and O–H groups in total. The molecule has 18 heavy (non-hydrogen) atoms. The second-order valence-corrected chi connectivity index (χ2v) is 5.45. The molecule has 0 radical (unpaired) electrons. The van der Waals surface area contributed by atoms with Crippen molar-refractivity contribution in [2.24, 2.45) is 0 Å². The van der Waals surface area contributed by atoms with Gasteiger partial charge in [0.25, 0.3) is 0 Å². The van der Waals surface area contributed by atoms with Gasteiger partial charge in [0.1, 0.15) is 5.69 Å². The van der Waals surface area contributed by atoms with Gasteiger partial charge in [-0.2, -0.15) is 5.10 Å². The van der Waals surface area contributed by atoms with Crippen LogP contribution in [0.25, 0.3) is 0 Å². The first-order valence-electron chi connectivity index (χ1n) is 6.94. The van der Waals surface area contributed by atoms with E-state index in [1.807, 2.05) is 10.7 Å². The summed E-state index contributed by atoms with van der Waals surface area (Å²) in [5.74, 6) is 0.216. The number of nitrogens with zero attached hydrogens (tertiary/aromatic N) is 2. The van der Waals surface area contributed by atoms with E-state index in [1.165, 1.54) is 0 Å². The van der Waals surface area contributed by atoms with E-state index in [4.69, 9.17) is 0 Å². The first-order valence-corrected chi connectivity index (χ1v) is 6.94. The zero-order valence-corrected chi connectivity index (χ0v) is 11.6. The molecule has 1 saturated heterocycles. The van der Waals surface area contributed by atoms with Crippen molar-refractivity contribution >= 4 is 5.78 Å². The van der Waals surface area contributed by atoms with Crippen molar-refractivity contribution < 1.29 is 4.79 Å². The van der Waals surface area contributed by atoms with Gasteiger partial charge < -0.3 is 5.32 Å². The van der Waals surface area contributed by atoms with Crippen LogP contribution in [0.2, 0.25) is 0 Å². The third-order valence-corrected chi connectivity index (χ3v) is 3.75. The Kier molecular flexibility index (Phi) is 3.85. The molecule has 0 aromatic carbocycles. The summed E-state index contributed by atoms with van der Waals surface area (Å²) in [5.41, 5.74) is 0.398. The van der Waals surface area contributed by atoms with Gasteiger partial charge in [0.2, 0.25) is 5.78 Å². The highest BCUT2D eigenvalue weighted by molar-refractivity contribution is 6.02. The Hall–Kier alpha value is -1.16. The molecule has 1 aromatic rings. The molecule has 0 amide bonds. The Balaban J connectivity index is 2.31. The number of ketones is 1. The van der Waals surface area contributed by atoms with Gasteiger partial charge in [-0.05, 0) is 45.7 Å². The molecule has 100 valence electrons. The highest BCUT2D eigenvalue weighted by atomic mass is 16.1. The summed E-state index contributed by atoms with van der Waals surface area (Å²) in [6.45, 7) is 7.19. The largest absolute Gasteiger partial charge is 0.305 e. The van der Waals surface area contributed by atoms with Gasteiger partial charge >= 0.3 is 0 Å². The third-order valence-electron chi connectivity index (χ3n) is 3.75. The van der Waals surface area contributed by atoms with Crippen molar-refractivity contribution in [3.8, 4) is 0 Å². The molecule has 0 aliphatic carbocycles. The summed E-state index contributed by atoms with van der Waals surface area (Å²) in [4.78, 5) is 12.8. The fourth-order valence-electron chi connectivity index (χ4n) is 2.90. The maximum absolute atomic E-state index is 12.8. The number of carbonyl (C=O) groups excluding carboxylic acids is 1. The van der Waals surface area contributed by atoms with Crippen LogP contribution in [0.5, 0.6) is 0 Å². The molecule has 0 spiro atoms. The van der Waals surface area contributed by atoms with Crippen LogP contribution in [-0.4, -0.2) is 27.6 Å². The number of hydrogen-bond acceptors (Lipinski definition) is 3. The zero-order valence-electron chi connectivity index (χ0n) is 11.6. The second-order valence-electron chi connectivity index (χ2n) is 5.45. The molecule has 1 aliphatic rings. The van der Waals surface area contributed by atoms with Crippen LogP contribution in [0.15, 0.2) is 12.3 Å². The number of carbonyl (C=O) groups is 1. The van der Waals surface area contributed by atoms with Crippen molar-refractivity contribution in [3.05, 3.63) is 18.0 Å². The van der Waals surface area contributed by atoms with E-state index in [-0.39, 0.29) is 17.4 Å². The molecule has 0 saturated carbocycles. The second kappa shape index (κ2) is 5.22. The summed E-state index contributed by atoms with van der Waals surface area (Å²) in [6, 6.07) is 2.07. The quantitative estimate of drug-likeness (QED) is 0.816. The van der Waals surface area contributed by atoms with Crippen LogP contribution in [0, 0.1) is 0 Å². The molecular formula is C14H23N3O. The molecule has 1 aliphatic heterocycles. The SMILES string of the molecule is CCCC1(C(=O)c2ccnn2C(C)C)CCCN1. The van der Waals surface area contributed by atoms with Crippen LogP contribution in [0.3, 0.4) is 0 Å². The van der Waals surface area contributed by atoms with Crippen molar-refractivity contribution in [2.75, 3.05) is 6.54 Å². The van der Waals surface area contributed by atoms with Crippen LogP contribution in [-0.2, 0) is 0 Å². The summed E-state index contributed by atoms with van der Waals surface area (Å²) in [7, 11) is 0. The minimum atomic E-state index is -0.346. The average Bonchev–Trinajstić information content (AvgIpc) is 2.97. The Bertz CT molecular complexity index is 416. The molecule has 1 unspecified atom stereocenters. The van der Waals surface area contributed by atoms with E-state index in [0.29, 0.717) is 0 Å². The molecule has 2 heterocycles. The molecule has 1 fully saturated rings. The van der Waals surface area contributed by atoms with Crippen molar-refractivity contribution in [1.29, 1.82) is 0 Å². The van der Waals surface area contributed by atoms with Crippen LogP contribution in [0.1, 0.15) is 63.0 Å². The van der Waals surface area contributed by atoms with Gasteiger partial charge in [0.05, 0.1) is 5.54 Å². The van der Waals surface area contributed by atoms with E-state index < -0.39 is 0 Å². The van der Waals surface area contributed by atoms with Gasteiger partial charge in [-0.15, -0.1) is 0 Å². The van der Waals surface area contributed by atoms with Gasteiger partial charge in [0.15, 0.2) is 0 Å². The van der Waals surface area contributed by atoms with Gasteiger partial charge in [-0.3, -0.25) is 9.48 Å². The van der Waals surface area contributed by atoms with E-state index >= 15 is 0 Å². The molecular weight excluding hydrogens is 226 g/mol.